The normalized spacial score (nSPS) is 15.8. The van der Waals surface area contributed by atoms with Gasteiger partial charge in [-0.3, -0.25) is 9.59 Å². The summed E-state index contributed by atoms with van der Waals surface area (Å²) in [7, 11) is 0. The highest BCUT2D eigenvalue weighted by atomic mass is 32.2. The summed E-state index contributed by atoms with van der Waals surface area (Å²) in [6.07, 6.45) is 3.36. The minimum Gasteiger partial charge on any atom is -0.326 e. The lowest BCUT2D eigenvalue weighted by molar-refractivity contribution is -0.114. The second-order valence-corrected chi connectivity index (χ2v) is 10.6. The lowest BCUT2D eigenvalue weighted by Crippen LogP contribution is -2.09. The molecular weight excluding hydrogens is 426 g/mol. The number of carbonyl (C=O) groups excluding carboxylic acids is 2. The van der Waals surface area contributed by atoms with Crippen molar-refractivity contribution < 1.29 is 9.59 Å². The van der Waals surface area contributed by atoms with E-state index in [0.717, 1.165) is 33.9 Å². The van der Waals surface area contributed by atoms with Gasteiger partial charge in [0.15, 0.2) is 5.78 Å². The number of thioether (sulfide) groups is 1. The van der Waals surface area contributed by atoms with Crippen molar-refractivity contribution in [3.8, 4) is 0 Å². The summed E-state index contributed by atoms with van der Waals surface area (Å²) in [6.45, 7) is 7.98. The zero-order valence-corrected chi connectivity index (χ0v) is 20.0. The smallest absolute Gasteiger partial charge is 0.221 e. The number of benzene rings is 1. The Hall–Kier alpha value is -2.25. The number of ketones is 1. The maximum Gasteiger partial charge on any atom is 0.221 e. The second kappa shape index (κ2) is 9.09. The van der Waals surface area contributed by atoms with Gasteiger partial charge in [-0.05, 0) is 55.0 Å². The third-order valence-corrected chi connectivity index (χ3v) is 7.65. The van der Waals surface area contributed by atoms with Crippen molar-refractivity contribution in [3.63, 3.8) is 0 Å². The third-order valence-electron chi connectivity index (χ3n) is 5.52. The van der Waals surface area contributed by atoms with Gasteiger partial charge in [-0.2, -0.15) is 0 Å². The summed E-state index contributed by atoms with van der Waals surface area (Å²) in [5, 5.41) is 4.82. The van der Waals surface area contributed by atoms with Crippen molar-refractivity contribution in [3.05, 3.63) is 46.1 Å². The minimum atomic E-state index is -0.128. The maximum atomic E-state index is 12.8. The van der Waals surface area contributed by atoms with Gasteiger partial charge in [0.2, 0.25) is 5.91 Å². The predicted octanol–water partition coefficient (Wildman–Crippen LogP) is 5.87. The number of fused-ring (bicyclic) bond motifs is 3. The predicted molar refractivity (Wildman–Crippen MR) is 128 cm³/mol. The van der Waals surface area contributed by atoms with E-state index in [4.69, 9.17) is 9.97 Å². The molecule has 1 N–H and O–H groups in total. The zero-order valence-electron chi connectivity index (χ0n) is 18.3. The number of rotatable bonds is 6. The number of nitrogens with zero attached hydrogens (tertiary/aromatic N) is 2. The van der Waals surface area contributed by atoms with Gasteiger partial charge in [0.1, 0.15) is 15.7 Å². The topological polar surface area (TPSA) is 72.0 Å². The monoisotopic (exact) mass is 453 g/mol. The first kappa shape index (κ1) is 22.0. The summed E-state index contributed by atoms with van der Waals surface area (Å²) >= 11 is 3.32. The number of amides is 1. The molecule has 1 atom stereocenters. The Labute approximate surface area is 191 Å². The molecule has 7 heteroatoms. The fourth-order valence-corrected chi connectivity index (χ4v) is 6.26. The van der Waals surface area contributed by atoms with Crippen molar-refractivity contribution in [2.24, 2.45) is 5.92 Å². The third kappa shape index (κ3) is 4.83. The molecule has 3 aromatic rings. The number of hydrogen-bond acceptors (Lipinski definition) is 6. The molecule has 0 aliphatic heterocycles. The number of nitrogens with one attached hydrogen (secondary N) is 1. The number of aromatic nitrogens is 2. The van der Waals surface area contributed by atoms with Crippen molar-refractivity contribution in [1.82, 2.24) is 9.97 Å². The molecular formula is C24H27N3O2S2. The Morgan fingerprint density at radius 1 is 1.23 bits per heavy atom. The quantitative estimate of drug-likeness (QED) is 0.287. The Morgan fingerprint density at radius 2 is 1.97 bits per heavy atom. The summed E-state index contributed by atoms with van der Waals surface area (Å²) in [6, 6.07) is 7.04. The number of hydrogen-bond donors (Lipinski definition) is 1. The molecule has 0 spiro atoms. The van der Waals surface area contributed by atoms with Crippen molar-refractivity contribution in [2.45, 2.75) is 57.9 Å². The lowest BCUT2D eigenvalue weighted by Gasteiger charge is -2.18. The van der Waals surface area contributed by atoms with Crippen molar-refractivity contribution in [1.29, 1.82) is 0 Å². The Bertz CT molecular complexity index is 1140. The van der Waals surface area contributed by atoms with E-state index in [9.17, 15) is 9.59 Å². The number of aryl methyl sites for hydroxylation is 1. The molecule has 5 nitrogen and oxygen atoms in total. The zero-order chi connectivity index (χ0) is 22.1. The first-order valence-electron chi connectivity index (χ1n) is 10.7. The van der Waals surface area contributed by atoms with Crippen LogP contribution in [0.15, 0.2) is 29.3 Å². The lowest BCUT2D eigenvalue weighted by atomic mass is 9.89. The molecule has 162 valence electrons. The van der Waals surface area contributed by atoms with Crippen LogP contribution in [0.5, 0.6) is 0 Å². The van der Waals surface area contributed by atoms with Crippen molar-refractivity contribution >= 4 is 50.7 Å². The van der Waals surface area contributed by atoms with Gasteiger partial charge in [-0.25, -0.2) is 9.97 Å². The molecule has 0 radical (unpaired) electrons. The first-order chi connectivity index (χ1) is 14.8. The van der Waals surface area contributed by atoms with E-state index in [-0.39, 0.29) is 17.6 Å². The van der Waals surface area contributed by atoms with Gasteiger partial charge in [0.05, 0.1) is 5.75 Å². The second-order valence-electron chi connectivity index (χ2n) is 8.54. The van der Waals surface area contributed by atoms with Crippen LogP contribution in [-0.2, 0) is 17.6 Å². The van der Waals surface area contributed by atoms with Gasteiger partial charge in [0.25, 0.3) is 0 Å². The minimum absolute atomic E-state index is 0.0509. The maximum absolute atomic E-state index is 12.8. The van der Waals surface area contributed by atoms with Crippen LogP contribution in [-0.4, -0.2) is 27.4 Å². The summed E-state index contributed by atoms with van der Waals surface area (Å²) in [5.41, 5.74) is 2.72. The molecule has 0 saturated heterocycles. The van der Waals surface area contributed by atoms with Crippen LogP contribution in [0.3, 0.4) is 0 Å². The number of thiophene rings is 1. The highest BCUT2D eigenvalue weighted by Gasteiger charge is 2.25. The largest absolute Gasteiger partial charge is 0.326 e. The molecule has 1 aromatic carbocycles. The fraction of sp³-hybridized carbons (Fsp3) is 0.417. The van der Waals surface area contributed by atoms with Gasteiger partial charge in [-0.15, -0.1) is 11.3 Å². The van der Waals surface area contributed by atoms with Crippen LogP contribution in [0.4, 0.5) is 5.69 Å². The number of Topliss-reactive ketones (excluding diaryl/α,β-unsaturated/α-hetero) is 1. The molecule has 1 aliphatic rings. The average molecular weight is 454 g/mol. The standard InChI is InChI=1S/C24H27N3O2S2/c1-13(2)22-26-23(21-18-10-5-14(3)11-20(18)31-24(21)27-22)30-12-19(29)16-6-8-17(9-7-16)25-15(4)28/h6-9,13-14H,5,10-12H2,1-4H3,(H,25,28)/t14-/m1/s1. The van der Waals surface area contributed by atoms with Gasteiger partial charge in [0, 0.05) is 34.4 Å². The number of carbonyl (C=O) groups is 2. The average Bonchev–Trinajstić information content (AvgIpc) is 3.09. The molecule has 0 unspecified atom stereocenters. The van der Waals surface area contributed by atoms with Crippen LogP contribution < -0.4 is 5.32 Å². The van der Waals surface area contributed by atoms with E-state index in [2.05, 4.69) is 26.1 Å². The number of anilines is 1. The SMILES string of the molecule is CC(=O)Nc1ccc(C(=O)CSc2nc(C(C)C)nc3sc4c(c23)CC[C@@H](C)C4)cc1. The van der Waals surface area contributed by atoms with Gasteiger partial charge >= 0.3 is 0 Å². The van der Waals surface area contributed by atoms with E-state index in [0.29, 0.717) is 22.9 Å². The van der Waals surface area contributed by atoms with Gasteiger partial charge < -0.3 is 5.32 Å². The molecule has 1 aliphatic carbocycles. The Kier molecular flexibility index (Phi) is 6.44. The molecule has 0 fully saturated rings. The van der Waals surface area contributed by atoms with E-state index in [1.165, 1.54) is 35.5 Å². The summed E-state index contributed by atoms with van der Waals surface area (Å²) < 4.78 is 0. The molecule has 2 heterocycles. The van der Waals surface area contributed by atoms with Crippen molar-refractivity contribution in [2.75, 3.05) is 11.1 Å². The summed E-state index contributed by atoms with van der Waals surface area (Å²) in [5.74, 6) is 2.03. The van der Waals surface area contributed by atoms with Crippen LogP contribution in [0.25, 0.3) is 10.2 Å². The van der Waals surface area contributed by atoms with E-state index in [1.807, 2.05) is 0 Å². The van der Waals surface area contributed by atoms with Crippen LogP contribution >= 0.6 is 23.1 Å². The highest BCUT2D eigenvalue weighted by molar-refractivity contribution is 8.00. The fourth-order valence-electron chi connectivity index (χ4n) is 3.85. The molecule has 0 bridgehead atoms. The van der Waals surface area contributed by atoms with Crippen LogP contribution in [0.1, 0.15) is 66.7 Å². The van der Waals surface area contributed by atoms with E-state index < -0.39 is 0 Å². The molecule has 4 rings (SSSR count). The Balaban J connectivity index is 1.60. The van der Waals surface area contributed by atoms with Gasteiger partial charge in [-0.1, -0.05) is 32.5 Å². The van der Waals surface area contributed by atoms with E-state index >= 15 is 0 Å². The van der Waals surface area contributed by atoms with E-state index in [1.54, 1.807) is 35.6 Å². The Morgan fingerprint density at radius 3 is 2.65 bits per heavy atom. The summed E-state index contributed by atoms with van der Waals surface area (Å²) in [4.78, 5) is 36.2. The molecule has 1 amide bonds. The van der Waals surface area contributed by atoms with Crippen LogP contribution in [0.2, 0.25) is 0 Å². The van der Waals surface area contributed by atoms with Crippen LogP contribution in [0, 0.1) is 5.92 Å². The first-order valence-corrected chi connectivity index (χ1v) is 12.5. The molecule has 2 aromatic heterocycles. The highest BCUT2D eigenvalue weighted by Crippen LogP contribution is 2.41. The molecule has 0 saturated carbocycles. The molecule has 31 heavy (non-hydrogen) atoms.